The third-order valence-corrected chi connectivity index (χ3v) is 2.36. The van der Waals surface area contributed by atoms with Gasteiger partial charge in [-0.1, -0.05) is 27.2 Å². The van der Waals surface area contributed by atoms with Gasteiger partial charge in [0.2, 0.25) is 0 Å². The van der Waals surface area contributed by atoms with Gasteiger partial charge in [-0.3, -0.25) is 4.79 Å². The molecule has 0 atom stereocenters. The molecule has 0 rings (SSSR count). The number of carbonyl (C=O) groups excluding carboxylic acids is 1. The van der Waals surface area contributed by atoms with Crippen LogP contribution in [0.25, 0.3) is 0 Å². The third kappa shape index (κ3) is 8.27. The molecule has 0 bridgehead atoms. The average molecular weight is 226 g/mol. The fourth-order valence-electron chi connectivity index (χ4n) is 0.852. The van der Waals surface area contributed by atoms with Crippen LogP contribution in [0.3, 0.4) is 0 Å². The number of ether oxygens (including phenoxy) is 1. The van der Waals surface area contributed by atoms with E-state index in [2.05, 4.69) is 4.74 Å². The zero-order valence-corrected chi connectivity index (χ0v) is 9.28. The molecule has 0 spiro atoms. The average Bonchev–Trinajstić information content (AvgIpc) is 2.10. The number of halogens is 3. The van der Waals surface area contributed by atoms with Crippen molar-refractivity contribution in [3.05, 3.63) is 0 Å². The van der Waals surface area contributed by atoms with Crippen LogP contribution < -0.4 is 0 Å². The van der Waals surface area contributed by atoms with Gasteiger partial charge in [-0.05, 0) is 11.8 Å². The van der Waals surface area contributed by atoms with Crippen LogP contribution in [-0.2, 0) is 9.53 Å². The molecule has 0 unspecified atom stereocenters. The third-order valence-electron chi connectivity index (χ3n) is 2.36. The first-order valence-electron chi connectivity index (χ1n) is 4.89. The lowest BCUT2D eigenvalue weighted by Crippen LogP contribution is -2.21. The highest BCUT2D eigenvalue weighted by molar-refractivity contribution is 5.69. The lowest BCUT2D eigenvalue weighted by molar-refractivity contribution is -0.186. The zero-order chi connectivity index (χ0) is 12.1. The fourth-order valence-corrected chi connectivity index (χ4v) is 0.852. The largest absolute Gasteiger partial charge is 0.456 e. The Kier molecular flexibility index (Phi) is 5.11. The van der Waals surface area contributed by atoms with Crippen molar-refractivity contribution >= 4 is 5.97 Å². The first-order chi connectivity index (χ1) is 6.66. The molecule has 0 saturated heterocycles. The lowest BCUT2D eigenvalue weighted by Gasteiger charge is -2.21. The molecule has 0 heterocycles. The summed E-state index contributed by atoms with van der Waals surface area (Å²) in [7, 11) is 0. The van der Waals surface area contributed by atoms with E-state index < -0.39 is 18.8 Å². The Morgan fingerprint density at radius 1 is 1.27 bits per heavy atom. The van der Waals surface area contributed by atoms with Crippen molar-refractivity contribution < 1.29 is 22.7 Å². The second-order valence-corrected chi connectivity index (χ2v) is 4.29. The van der Waals surface area contributed by atoms with Gasteiger partial charge in [0.15, 0.2) is 6.61 Å². The predicted molar refractivity (Wildman–Crippen MR) is 50.3 cm³/mol. The van der Waals surface area contributed by atoms with Crippen LogP contribution in [0.1, 0.15) is 40.0 Å². The molecule has 0 aliphatic heterocycles. The van der Waals surface area contributed by atoms with Crippen LogP contribution in [0.2, 0.25) is 0 Å². The SMILES string of the molecule is CCC(C)(C)CCC(=O)OCC(F)(F)F. The maximum Gasteiger partial charge on any atom is 0.422 e. The van der Waals surface area contributed by atoms with Crippen molar-refractivity contribution in [3.63, 3.8) is 0 Å². The second kappa shape index (κ2) is 5.37. The van der Waals surface area contributed by atoms with E-state index >= 15 is 0 Å². The topological polar surface area (TPSA) is 26.3 Å². The Hall–Kier alpha value is -0.740. The van der Waals surface area contributed by atoms with Crippen LogP contribution in [-0.4, -0.2) is 18.8 Å². The number of alkyl halides is 3. The van der Waals surface area contributed by atoms with Crippen molar-refractivity contribution in [1.29, 1.82) is 0 Å². The van der Waals surface area contributed by atoms with Gasteiger partial charge in [0.05, 0.1) is 0 Å². The fraction of sp³-hybridized carbons (Fsp3) is 0.900. The number of hydrogen-bond acceptors (Lipinski definition) is 2. The molecule has 0 aliphatic carbocycles. The summed E-state index contributed by atoms with van der Waals surface area (Å²) >= 11 is 0. The van der Waals surface area contributed by atoms with Crippen LogP contribution in [0, 0.1) is 5.41 Å². The molecule has 0 amide bonds. The first-order valence-corrected chi connectivity index (χ1v) is 4.89. The van der Waals surface area contributed by atoms with Gasteiger partial charge in [-0.2, -0.15) is 13.2 Å². The summed E-state index contributed by atoms with van der Waals surface area (Å²) in [4.78, 5) is 10.9. The lowest BCUT2D eigenvalue weighted by atomic mass is 9.85. The highest BCUT2D eigenvalue weighted by Crippen LogP contribution is 2.26. The zero-order valence-electron chi connectivity index (χ0n) is 9.28. The van der Waals surface area contributed by atoms with Crippen molar-refractivity contribution in [2.24, 2.45) is 5.41 Å². The second-order valence-electron chi connectivity index (χ2n) is 4.29. The molecule has 0 N–H and O–H groups in total. The highest BCUT2D eigenvalue weighted by Gasteiger charge is 2.29. The smallest absolute Gasteiger partial charge is 0.422 e. The van der Waals surface area contributed by atoms with E-state index in [0.29, 0.717) is 6.42 Å². The minimum atomic E-state index is -4.43. The first kappa shape index (κ1) is 14.3. The van der Waals surface area contributed by atoms with E-state index in [9.17, 15) is 18.0 Å². The van der Waals surface area contributed by atoms with Crippen molar-refractivity contribution in [3.8, 4) is 0 Å². The van der Waals surface area contributed by atoms with Gasteiger partial charge in [-0.25, -0.2) is 0 Å². The normalized spacial score (nSPS) is 12.7. The van der Waals surface area contributed by atoms with Crippen LogP contribution in [0.5, 0.6) is 0 Å². The van der Waals surface area contributed by atoms with Crippen molar-refractivity contribution in [2.75, 3.05) is 6.61 Å². The minimum absolute atomic E-state index is 0.0305. The predicted octanol–water partition coefficient (Wildman–Crippen LogP) is 3.31. The molecule has 0 aromatic rings. The van der Waals surface area contributed by atoms with E-state index in [1.54, 1.807) is 0 Å². The van der Waals surface area contributed by atoms with E-state index in [4.69, 9.17) is 0 Å². The molecule has 0 aliphatic rings. The van der Waals surface area contributed by atoms with Crippen LogP contribution in [0.15, 0.2) is 0 Å². The molecule has 90 valence electrons. The molecule has 0 radical (unpaired) electrons. The van der Waals surface area contributed by atoms with Gasteiger partial charge < -0.3 is 4.74 Å². The van der Waals surface area contributed by atoms with Gasteiger partial charge in [0.25, 0.3) is 0 Å². The molecular formula is C10H17F3O2. The van der Waals surface area contributed by atoms with Gasteiger partial charge in [0, 0.05) is 6.42 Å². The molecular weight excluding hydrogens is 209 g/mol. The van der Waals surface area contributed by atoms with Crippen LogP contribution >= 0.6 is 0 Å². The molecule has 15 heavy (non-hydrogen) atoms. The quantitative estimate of drug-likeness (QED) is 0.672. The molecule has 2 nitrogen and oxygen atoms in total. The van der Waals surface area contributed by atoms with Gasteiger partial charge in [0.1, 0.15) is 0 Å². The summed E-state index contributed by atoms with van der Waals surface area (Å²) in [6, 6.07) is 0. The Balaban J connectivity index is 3.77. The summed E-state index contributed by atoms with van der Waals surface area (Å²) in [6.45, 7) is 4.41. The Bertz CT molecular complexity index is 209. The molecule has 0 aromatic heterocycles. The summed E-state index contributed by atoms with van der Waals surface area (Å²) in [6.07, 6.45) is -2.98. The number of carbonyl (C=O) groups is 1. The van der Waals surface area contributed by atoms with Gasteiger partial charge >= 0.3 is 12.1 Å². The minimum Gasteiger partial charge on any atom is -0.456 e. The maximum absolute atomic E-state index is 11.7. The molecule has 5 heteroatoms. The molecule has 0 fully saturated rings. The summed E-state index contributed by atoms with van der Waals surface area (Å²) in [5, 5.41) is 0. The standard InChI is InChI=1S/C10H17F3O2/c1-4-9(2,3)6-5-8(14)15-7-10(11,12)13/h4-7H2,1-3H3. The number of rotatable bonds is 5. The monoisotopic (exact) mass is 226 g/mol. The molecule has 0 aromatic carbocycles. The van der Waals surface area contributed by atoms with E-state index in [0.717, 1.165) is 6.42 Å². The van der Waals surface area contributed by atoms with Crippen LogP contribution in [0.4, 0.5) is 13.2 Å². The van der Waals surface area contributed by atoms with Crippen molar-refractivity contribution in [1.82, 2.24) is 0 Å². The highest BCUT2D eigenvalue weighted by atomic mass is 19.4. The van der Waals surface area contributed by atoms with E-state index in [1.807, 2.05) is 20.8 Å². The summed E-state index contributed by atoms with van der Waals surface area (Å²) in [5.41, 5.74) is -0.0305. The number of esters is 1. The summed E-state index contributed by atoms with van der Waals surface area (Å²) < 4.78 is 39.1. The Morgan fingerprint density at radius 3 is 2.20 bits per heavy atom. The van der Waals surface area contributed by atoms with E-state index in [1.165, 1.54) is 0 Å². The molecule has 0 saturated carbocycles. The maximum atomic E-state index is 11.7. The van der Waals surface area contributed by atoms with Crippen molar-refractivity contribution in [2.45, 2.75) is 46.2 Å². The van der Waals surface area contributed by atoms with Gasteiger partial charge in [-0.15, -0.1) is 0 Å². The number of hydrogen-bond donors (Lipinski definition) is 0. The summed E-state index contributed by atoms with van der Waals surface area (Å²) in [5.74, 6) is -0.783. The Labute approximate surface area is 87.8 Å². The van der Waals surface area contributed by atoms with E-state index in [-0.39, 0.29) is 11.8 Å². The Morgan fingerprint density at radius 2 is 1.80 bits per heavy atom.